The summed E-state index contributed by atoms with van der Waals surface area (Å²) in [7, 11) is 0. The average molecular weight is 293 g/mol. The van der Waals surface area contributed by atoms with E-state index in [1.165, 1.54) is 4.90 Å². The average Bonchev–Trinajstić information content (AvgIpc) is 2.91. The molecule has 2 rings (SSSR count). The van der Waals surface area contributed by atoms with E-state index in [1.807, 2.05) is 30.3 Å². The number of hydrogen-bond acceptors (Lipinski definition) is 4. The molecule has 1 saturated heterocycles. The standard InChI is InChI=1S/C15H19NO5/c1-2-21-15(13(17)18)9-6-10-16(15)14(19)20-11-12-7-4-3-5-8-12/h3-5,7-8H,2,6,9-11H2,1H3,(H,17,18)/t15-/m1/s1. The number of carboxylic acids is 1. The van der Waals surface area contributed by atoms with E-state index in [2.05, 4.69) is 0 Å². The van der Waals surface area contributed by atoms with Crippen molar-refractivity contribution >= 4 is 12.1 Å². The predicted octanol–water partition coefficient (Wildman–Crippen LogP) is 2.24. The van der Waals surface area contributed by atoms with Crippen LogP contribution in [0.5, 0.6) is 0 Å². The Bertz CT molecular complexity index is 504. The molecule has 0 aliphatic carbocycles. The van der Waals surface area contributed by atoms with Crippen molar-refractivity contribution in [1.82, 2.24) is 4.90 Å². The summed E-state index contributed by atoms with van der Waals surface area (Å²) in [6, 6.07) is 9.24. The van der Waals surface area contributed by atoms with Gasteiger partial charge in [-0.25, -0.2) is 9.59 Å². The van der Waals surface area contributed by atoms with E-state index < -0.39 is 17.8 Å². The number of benzene rings is 1. The molecule has 1 N–H and O–H groups in total. The van der Waals surface area contributed by atoms with Gasteiger partial charge in [-0.1, -0.05) is 30.3 Å². The van der Waals surface area contributed by atoms with Crippen LogP contribution < -0.4 is 0 Å². The molecule has 0 aromatic heterocycles. The number of ether oxygens (including phenoxy) is 2. The lowest BCUT2D eigenvalue weighted by Gasteiger charge is -2.33. The van der Waals surface area contributed by atoms with E-state index in [4.69, 9.17) is 9.47 Å². The van der Waals surface area contributed by atoms with Gasteiger partial charge in [-0.2, -0.15) is 0 Å². The molecule has 21 heavy (non-hydrogen) atoms. The number of carboxylic acid groups (broad SMARTS) is 1. The second kappa shape index (κ2) is 6.58. The van der Waals surface area contributed by atoms with Gasteiger partial charge in [0.15, 0.2) is 0 Å². The van der Waals surface area contributed by atoms with E-state index in [9.17, 15) is 14.7 Å². The largest absolute Gasteiger partial charge is 0.478 e. The Morgan fingerprint density at radius 2 is 2.05 bits per heavy atom. The van der Waals surface area contributed by atoms with Crippen LogP contribution >= 0.6 is 0 Å². The van der Waals surface area contributed by atoms with Crippen LogP contribution in [-0.4, -0.2) is 40.9 Å². The highest BCUT2D eigenvalue weighted by Crippen LogP contribution is 2.31. The summed E-state index contributed by atoms with van der Waals surface area (Å²) < 4.78 is 10.6. The molecule has 1 heterocycles. The third-order valence-electron chi connectivity index (χ3n) is 3.48. The third kappa shape index (κ3) is 3.16. The van der Waals surface area contributed by atoms with Gasteiger partial charge in [-0.15, -0.1) is 0 Å². The minimum absolute atomic E-state index is 0.109. The second-order valence-corrected chi connectivity index (χ2v) is 4.82. The zero-order chi connectivity index (χ0) is 15.3. The van der Waals surface area contributed by atoms with Crippen molar-refractivity contribution in [3.63, 3.8) is 0 Å². The fourth-order valence-electron chi connectivity index (χ4n) is 2.50. The highest BCUT2D eigenvalue weighted by molar-refractivity contribution is 5.83. The summed E-state index contributed by atoms with van der Waals surface area (Å²) in [5.74, 6) is -1.15. The Kier molecular flexibility index (Phi) is 4.80. The molecule has 1 aliphatic rings. The predicted molar refractivity (Wildman–Crippen MR) is 74.6 cm³/mol. The van der Waals surface area contributed by atoms with Gasteiger partial charge in [0, 0.05) is 19.6 Å². The normalized spacial score (nSPS) is 21.3. The van der Waals surface area contributed by atoms with Crippen LogP contribution in [0.3, 0.4) is 0 Å². The van der Waals surface area contributed by atoms with Crippen molar-refractivity contribution in [2.75, 3.05) is 13.2 Å². The first kappa shape index (κ1) is 15.3. The SMILES string of the molecule is CCO[C@@]1(C(=O)O)CCCN1C(=O)OCc1ccccc1. The highest BCUT2D eigenvalue weighted by Gasteiger charge is 2.52. The van der Waals surface area contributed by atoms with E-state index >= 15 is 0 Å². The minimum atomic E-state index is -1.59. The zero-order valence-corrected chi connectivity index (χ0v) is 11.9. The summed E-state index contributed by atoms with van der Waals surface area (Å²) in [5, 5.41) is 9.42. The van der Waals surface area contributed by atoms with Crippen LogP contribution in [0.2, 0.25) is 0 Å². The Labute approximate surface area is 123 Å². The molecule has 6 heteroatoms. The molecule has 1 aromatic carbocycles. The van der Waals surface area contributed by atoms with Gasteiger partial charge >= 0.3 is 12.1 Å². The van der Waals surface area contributed by atoms with Crippen molar-refractivity contribution in [3.05, 3.63) is 35.9 Å². The fraction of sp³-hybridized carbons (Fsp3) is 0.467. The van der Waals surface area contributed by atoms with E-state index in [0.29, 0.717) is 13.0 Å². The molecular formula is C15H19NO5. The van der Waals surface area contributed by atoms with Crippen molar-refractivity contribution in [1.29, 1.82) is 0 Å². The number of nitrogens with zero attached hydrogens (tertiary/aromatic N) is 1. The molecule has 0 saturated carbocycles. The summed E-state index contributed by atoms with van der Waals surface area (Å²) in [6.45, 7) is 2.35. The summed E-state index contributed by atoms with van der Waals surface area (Å²) >= 11 is 0. The molecule has 114 valence electrons. The molecule has 1 aliphatic heterocycles. The lowest BCUT2D eigenvalue weighted by molar-refractivity contribution is -0.185. The van der Waals surface area contributed by atoms with Crippen LogP contribution in [-0.2, 0) is 20.9 Å². The number of amides is 1. The van der Waals surface area contributed by atoms with E-state index in [-0.39, 0.29) is 19.6 Å². The molecule has 1 fully saturated rings. The first-order valence-electron chi connectivity index (χ1n) is 6.96. The molecule has 1 aromatic rings. The minimum Gasteiger partial charge on any atom is -0.478 e. The van der Waals surface area contributed by atoms with Crippen LogP contribution in [0.25, 0.3) is 0 Å². The Hall–Kier alpha value is -2.08. The fourth-order valence-corrected chi connectivity index (χ4v) is 2.50. The van der Waals surface area contributed by atoms with Gasteiger partial charge in [0.25, 0.3) is 0 Å². The molecule has 1 amide bonds. The van der Waals surface area contributed by atoms with Gasteiger partial charge in [0.05, 0.1) is 0 Å². The molecular weight excluding hydrogens is 274 g/mol. The van der Waals surface area contributed by atoms with Crippen LogP contribution in [0.15, 0.2) is 30.3 Å². The summed E-state index contributed by atoms with van der Waals surface area (Å²) in [4.78, 5) is 24.9. The maximum absolute atomic E-state index is 12.2. The number of carbonyl (C=O) groups excluding carboxylic acids is 1. The van der Waals surface area contributed by atoms with Crippen molar-refractivity contribution in [3.8, 4) is 0 Å². The molecule has 6 nitrogen and oxygen atoms in total. The Balaban J connectivity index is 2.05. The van der Waals surface area contributed by atoms with Crippen molar-refractivity contribution < 1.29 is 24.2 Å². The topological polar surface area (TPSA) is 76.1 Å². The Morgan fingerprint density at radius 3 is 2.67 bits per heavy atom. The van der Waals surface area contributed by atoms with Crippen molar-refractivity contribution in [2.24, 2.45) is 0 Å². The van der Waals surface area contributed by atoms with Crippen LogP contribution in [0, 0.1) is 0 Å². The maximum atomic E-state index is 12.2. The monoisotopic (exact) mass is 293 g/mol. The zero-order valence-electron chi connectivity index (χ0n) is 11.9. The van der Waals surface area contributed by atoms with Crippen LogP contribution in [0.1, 0.15) is 25.3 Å². The first-order valence-corrected chi connectivity index (χ1v) is 6.96. The molecule has 0 unspecified atom stereocenters. The summed E-state index contributed by atoms with van der Waals surface area (Å²) in [6.07, 6.45) is 0.191. The van der Waals surface area contributed by atoms with Gasteiger partial charge in [0.1, 0.15) is 6.61 Å². The van der Waals surface area contributed by atoms with Gasteiger partial charge < -0.3 is 14.6 Å². The van der Waals surface area contributed by atoms with Crippen molar-refractivity contribution in [2.45, 2.75) is 32.1 Å². The number of rotatable bonds is 5. The number of hydrogen-bond donors (Lipinski definition) is 1. The smallest absolute Gasteiger partial charge is 0.412 e. The van der Waals surface area contributed by atoms with Gasteiger partial charge in [-0.05, 0) is 18.9 Å². The quantitative estimate of drug-likeness (QED) is 0.901. The number of aliphatic carboxylic acids is 1. The number of carbonyl (C=O) groups is 2. The van der Waals surface area contributed by atoms with Gasteiger partial charge in [0.2, 0.25) is 5.72 Å². The first-order chi connectivity index (χ1) is 10.1. The lowest BCUT2D eigenvalue weighted by Crippen LogP contribution is -2.55. The summed E-state index contributed by atoms with van der Waals surface area (Å²) in [5.41, 5.74) is -0.745. The lowest BCUT2D eigenvalue weighted by atomic mass is 10.1. The molecule has 0 bridgehead atoms. The molecule has 0 spiro atoms. The highest BCUT2D eigenvalue weighted by atomic mass is 16.6. The van der Waals surface area contributed by atoms with E-state index in [0.717, 1.165) is 5.56 Å². The third-order valence-corrected chi connectivity index (χ3v) is 3.48. The Morgan fingerprint density at radius 1 is 1.33 bits per heavy atom. The maximum Gasteiger partial charge on any atom is 0.412 e. The van der Waals surface area contributed by atoms with Gasteiger partial charge in [-0.3, -0.25) is 4.90 Å². The molecule has 1 atom stereocenters. The molecule has 0 radical (unpaired) electrons. The van der Waals surface area contributed by atoms with E-state index in [1.54, 1.807) is 6.92 Å². The number of likely N-dealkylation sites (tertiary alicyclic amines) is 1. The second-order valence-electron chi connectivity index (χ2n) is 4.82. The van der Waals surface area contributed by atoms with Crippen LogP contribution in [0.4, 0.5) is 4.79 Å².